The van der Waals surface area contributed by atoms with Crippen LogP contribution in [0.1, 0.15) is 43.0 Å². The molecule has 1 saturated heterocycles. The van der Waals surface area contributed by atoms with Crippen LogP contribution in [-0.4, -0.2) is 40.1 Å². The summed E-state index contributed by atoms with van der Waals surface area (Å²) in [4.78, 5) is 12.0. The Morgan fingerprint density at radius 3 is 2.96 bits per heavy atom. The lowest BCUT2D eigenvalue weighted by molar-refractivity contribution is -0.130. The minimum absolute atomic E-state index is 0.0151. The van der Waals surface area contributed by atoms with Gasteiger partial charge in [-0.1, -0.05) is 5.16 Å². The number of hydrogen-bond donors (Lipinski definition) is 1. The Hall–Kier alpha value is -2.15. The standard InChI is InChI=1S/C17H22N4O3/c1-11-9-15(24-20-11)13-10-19-21(16(13)12-4-5-12)7-6-18-17(22)14-3-2-8-23-14/h9-10,12,14H,2-8H2,1H3,(H,18,22)/t14-/m1/s1. The molecule has 1 saturated carbocycles. The lowest BCUT2D eigenvalue weighted by atomic mass is 10.1. The molecular weight excluding hydrogens is 308 g/mol. The largest absolute Gasteiger partial charge is 0.368 e. The molecule has 2 aliphatic rings. The highest BCUT2D eigenvalue weighted by molar-refractivity contribution is 5.80. The van der Waals surface area contributed by atoms with Gasteiger partial charge in [-0.3, -0.25) is 9.48 Å². The Morgan fingerprint density at radius 2 is 2.29 bits per heavy atom. The average Bonchev–Trinajstić information content (AvgIpc) is 3.00. The summed E-state index contributed by atoms with van der Waals surface area (Å²) in [5.41, 5.74) is 3.07. The normalized spacial score (nSPS) is 20.5. The zero-order valence-electron chi connectivity index (χ0n) is 13.8. The summed E-state index contributed by atoms with van der Waals surface area (Å²) in [7, 11) is 0. The van der Waals surface area contributed by atoms with Crippen LogP contribution in [0.5, 0.6) is 0 Å². The molecule has 2 fully saturated rings. The minimum Gasteiger partial charge on any atom is -0.368 e. The molecule has 1 atom stereocenters. The Bertz CT molecular complexity index is 726. The van der Waals surface area contributed by atoms with Crippen molar-refractivity contribution in [1.82, 2.24) is 20.3 Å². The van der Waals surface area contributed by atoms with Crippen LogP contribution in [0.2, 0.25) is 0 Å². The molecule has 0 bridgehead atoms. The van der Waals surface area contributed by atoms with Crippen LogP contribution in [0.25, 0.3) is 11.3 Å². The average molecular weight is 330 g/mol. The fourth-order valence-electron chi connectivity index (χ4n) is 3.22. The third-order valence-corrected chi connectivity index (χ3v) is 4.58. The molecule has 1 N–H and O–H groups in total. The monoisotopic (exact) mass is 330 g/mol. The van der Waals surface area contributed by atoms with E-state index in [-0.39, 0.29) is 12.0 Å². The zero-order chi connectivity index (χ0) is 16.5. The van der Waals surface area contributed by atoms with E-state index in [4.69, 9.17) is 9.26 Å². The fourth-order valence-corrected chi connectivity index (χ4v) is 3.22. The maximum absolute atomic E-state index is 12.0. The van der Waals surface area contributed by atoms with Crippen molar-refractivity contribution in [3.63, 3.8) is 0 Å². The van der Waals surface area contributed by atoms with Gasteiger partial charge in [0.05, 0.1) is 29.7 Å². The summed E-state index contributed by atoms with van der Waals surface area (Å²) in [5, 5.41) is 11.4. The van der Waals surface area contributed by atoms with Crippen LogP contribution < -0.4 is 5.32 Å². The predicted octanol–water partition coefficient (Wildman–Crippen LogP) is 2.02. The van der Waals surface area contributed by atoms with Gasteiger partial charge in [0.15, 0.2) is 5.76 Å². The Balaban J connectivity index is 1.43. The van der Waals surface area contributed by atoms with E-state index >= 15 is 0 Å². The molecule has 1 amide bonds. The predicted molar refractivity (Wildman–Crippen MR) is 86.4 cm³/mol. The van der Waals surface area contributed by atoms with E-state index in [1.54, 1.807) is 0 Å². The third kappa shape index (κ3) is 3.08. The molecule has 2 aromatic heterocycles. The van der Waals surface area contributed by atoms with Crippen LogP contribution in [0, 0.1) is 6.92 Å². The number of nitrogens with one attached hydrogen (secondary N) is 1. The summed E-state index contributed by atoms with van der Waals surface area (Å²) >= 11 is 0. The third-order valence-electron chi connectivity index (χ3n) is 4.58. The molecule has 0 radical (unpaired) electrons. The van der Waals surface area contributed by atoms with Crippen LogP contribution in [0.3, 0.4) is 0 Å². The molecule has 0 unspecified atom stereocenters. The SMILES string of the molecule is Cc1cc(-c2cnn(CCNC(=O)[C@H]3CCCO3)c2C2CC2)on1. The van der Waals surface area contributed by atoms with E-state index in [0.717, 1.165) is 29.9 Å². The number of rotatable bonds is 6. The van der Waals surface area contributed by atoms with Gasteiger partial charge in [0.25, 0.3) is 0 Å². The summed E-state index contributed by atoms with van der Waals surface area (Å²) in [6.45, 7) is 3.80. The topological polar surface area (TPSA) is 82.2 Å². The van der Waals surface area contributed by atoms with Crippen molar-refractivity contribution < 1.29 is 14.1 Å². The quantitative estimate of drug-likeness (QED) is 0.876. The summed E-state index contributed by atoms with van der Waals surface area (Å²) < 4.78 is 12.8. The molecule has 7 nitrogen and oxygen atoms in total. The van der Waals surface area contributed by atoms with E-state index in [0.29, 0.717) is 25.6 Å². The Labute approximate surface area is 140 Å². The van der Waals surface area contributed by atoms with Crippen LogP contribution >= 0.6 is 0 Å². The molecule has 24 heavy (non-hydrogen) atoms. The Kier molecular flexibility index (Phi) is 4.10. The van der Waals surface area contributed by atoms with E-state index < -0.39 is 0 Å². The first kappa shape index (κ1) is 15.4. The maximum Gasteiger partial charge on any atom is 0.249 e. The number of amides is 1. The molecule has 128 valence electrons. The van der Waals surface area contributed by atoms with E-state index in [9.17, 15) is 4.79 Å². The van der Waals surface area contributed by atoms with Gasteiger partial charge in [-0.05, 0) is 32.6 Å². The summed E-state index contributed by atoms with van der Waals surface area (Å²) in [6, 6.07) is 1.94. The van der Waals surface area contributed by atoms with Gasteiger partial charge >= 0.3 is 0 Å². The van der Waals surface area contributed by atoms with E-state index in [2.05, 4.69) is 15.6 Å². The molecule has 3 heterocycles. The molecule has 1 aliphatic carbocycles. The summed E-state index contributed by atoms with van der Waals surface area (Å²) in [6.07, 6.45) is 5.69. The van der Waals surface area contributed by atoms with Crippen molar-refractivity contribution in [1.29, 1.82) is 0 Å². The number of hydrogen-bond acceptors (Lipinski definition) is 5. The molecule has 7 heteroatoms. The lowest BCUT2D eigenvalue weighted by Gasteiger charge is -2.12. The van der Waals surface area contributed by atoms with Crippen LogP contribution in [0.15, 0.2) is 16.8 Å². The minimum atomic E-state index is -0.279. The number of nitrogens with zero attached hydrogens (tertiary/aromatic N) is 3. The second-order valence-corrected chi connectivity index (χ2v) is 6.57. The second kappa shape index (κ2) is 6.39. The van der Waals surface area contributed by atoms with Gasteiger partial charge in [0, 0.05) is 25.1 Å². The molecule has 0 aromatic carbocycles. The first-order chi connectivity index (χ1) is 11.7. The molecule has 0 spiro atoms. The maximum atomic E-state index is 12.0. The lowest BCUT2D eigenvalue weighted by Crippen LogP contribution is -2.36. The van der Waals surface area contributed by atoms with Gasteiger partial charge in [-0.25, -0.2) is 0 Å². The number of aromatic nitrogens is 3. The highest BCUT2D eigenvalue weighted by atomic mass is 16.5. The van der Waals surface area contributed by atoms with Crippen LogP contribution in [0.4, 0.5) is 0 Å². The van der Waals surface area contributed by atoms with Crippen molar-refractivity contribution in [2.45, 2.75) is 51.2 Å². The van der Waals surface area contributed by atoms with Crippen molar-refractivity contribution >= 4 is 5.91 Å². The second-order valence-electron chi connectivity index (χ2n) is 6.57. The van der Waals surface area contributed by atoms with Crippen molar-refractivity contribution in [3.8, 4) is 11.3 Å². The van der Waals surface area contributed by atoms with Gasteiger partial charge < -0.3 is 14.6 Å². The number of carbonyl (C=O) groups excluding carboxylic acids is 1. The molecule has 4 rings (SSSR count). The molecular formula is C17H22N4O3. The highest BCUT2D eigenvalue weighted by Gasteiger charge is 2.32. The van der Waals surface area contributed by atoms with E-state index in [1.807, 2.05) is 23.9 Å². The zero-order valence-corrected chi connectivity index (χ0v) is 13.8. The van der Waals surface area contributed by atoms with Crippen LogP contribution in [-0.2, 0) is 16.1 Å². The first-order valence-electron chi connectivity index (χ1n) is 8.61. The highest BCUT2D eigenvalue weighted by Crippen LogP contribution is 2.44. The van der Waals surface area contributed by atoms with Crippen molar-refractivity contribution in [2.24, 2.45) is 0 Å². The number of carbonyl (C=O) groups is 1. The van der Waals surface area contributed by atoms with Gasteiger partial charge in [0.2, 0.25) is 5.91 Å². The van der Waals surface area contributed by atoms with Gasteiger partial charge in [-0.2, -0.15) is 5.10 Å². The summed E-state index contributed by atoms with van der Waals surface area (Å²) in [5.74, 6) is 1.28. The molecule has 2 aromatic rings. The fraction of sp³-hybridized carbons (Fsp3) is 0.588. The van der Waals surface area contributed by atoms with Gasteiger partial charge in [0.1, 0.15) is 6.10 Å². The van der Waals surface area contributed by atoms with Gasteiger partial charge in [-0.15, -0.1) is 0 Å². The van der Waals surface area contributed by atoms with Crippen molar-refractivity contribution in [2.75, 3.05) is 13.2 Å². The number of ether oxygens (including phenoxy) is 1. The Morgan fingerprint density at radius 1 is 1.42 bits per heavy atom. The van der Waals surface area contributed by atoms with E-state index in [1.165, 1.54) is 18.5 Å². The molecule has 1 aliphatic heterocycles. The van der Waals surface area contributed by atoms with Crippen molar-refractivity contribution in [3.05, 3.63) is 23.7 Å². The number of aryl methyl sites for hydroxylation is 1. The first-order valence-corrected chi connectivity index (χ1v) is 8.61. The smallest absolute Gasteiger partial charge is 0.249 e.